The van der Waals surface area contributed by atoms with Crippen molar-refractivity contribution in [1.82, 2.24) is 25.4 Å². The van der Waals surface area contributed by atoms with Crippen LogP contribution in [0.3, 0.4) is 0 Å². The van der Waals surface area contributed by atoms with Gasteiger partial charge < -0.3 is 19.9 Å². The van der Waals surface area contributed by atoms with E-state index in [1.54, 1.807) is 13.4 Å². The molecular weight excluding hydrogens is 328 g/mol. The maximum atomic E-state index is 5.20. The number of aryl methyl sites for hydroxylation is 1. The smallest absolute Gasteiger partial charge is 0.191 e. The van der Waals surface area contributed by atoms with E-state index in [1.165, 1.54) is 0 Å². The Morgan fingerprint density at radius 1 is 1.27 bits per heavy atom. The van der Waals surface area contributed by atoms with Gasteiger partial charge in [-0.25, -0.2) is 4.99 Å². The number of hydrogen-bond donors (Lipinski definition) is 2. The zero-order chi connectivity index (χ0) is 18.8. The van der Waals surface area contributed by atoms with Gasteiger partial charge in [0.1, 0.15) is 17.9 Å². The topological polar surface area (TPSA) is 76.4 Å². The van der Waals surface area contributed by atoms with Crippen molar-refractivity contribution >= 4 is 5.96 Å². The first-order chi connectivity index (χ1) is 12.7. The lowest BCUT2D eigenvalue weighted by Gasteiger charge is -2.17. The summed E-state index contributed by atoms with van der Waals surface area (Å²) in [6, 6.07) is 8.34. The molecule has 0 radical (unpaired) electrons. The van der Waals surface area contributed by atoms with Gasteiger partial charge in [0.05, 0.1) is 13.7 Å². The average molecular weight is 358 g/mol. The number of aromatic nitrogens is 3. The van der Waals surface area contributed by atoms with E-state index in [0.717, 1.165) is 49.0 Å². The molecule has 0 fully saturated rings. The molecule has 0 aliphatic heterocycles. The first-order valence-corrected chi connectivity index (χ1v) is 9.20. The van der Waals surface area contributed by atoms with Crippen LogP contribution in [-0.2, 0) is 19.5 Å². The number of nitrogens with one attached hydrogen (secondary N) is 2. The fraction of sp³-hybridized carbons (Fsp3) is 0.526. The molecule has 1 unspecified atom stereocenters. The standard InChI is InChI=1S/C19H30N6O/c1-5-15(3)23-19(20-11-12-25-14-22-24-18(25)6-2)21-13-16-7-9-17(26-4)10-8-16/h7-10,14-15H,5-6,11-13H2,1-4H3,(H2,20,21,23). The Hall–Kier alpha value is -2.57. The lowest BCUT2D eigenvalue weighted by molar-refractivity contribution is 0.414. The first-order valence-electron chi connectivity index (χ1n) is 9.20. The molecule has 1 aromatic carbocycles. The molecule has 2 aromatic rings. The third-order valence-electron chi connectivity index (χ3n) is 4.23. The van der Waals surface area contributed by atoms with E-state index in [4.69, 9.17) is 9.73 Å². The van der Waals surface area contributed by atoms with Gasteiger partial charge in [-0.2, -0.15) is 0 Å². The van der Waals surface area contributed by atoms with Crippen LogP contribution in [0, 0.1) is 0 Å². The number of hydrogen-bond acceptors (Lipinski definition) is 4. The second kappa shape index (κ2) is 10.4. The zero-order valence-electron chi connectivity index (χ0n) is 16.2. The molecule has 2 rings (SSSR count). The van der Waals surface area contributed by atoms with E-state index < -0.39 is 0 Å². The van der Waals surface area contributed by atoms with Crippen LogP contribution in [0.1, 0.15) is 38.6 Å². The van der Waals surface area contributed by atoms with E-state index in [1.807, 2.05) is 24.3 Å². The molecule has 1 aromatic heterocycles. The van der Waals surface area contributed by atoms with Crippen LogP contribution in [0.25, 0.3) is 0 Å². The van der Waals surface area contributed by atoms with Gasteiger partial charge in [0.15, 0.2) is 5.96 Å². The van der Waals surface area contributed by atoms with E-state index in [-0.39, 0.29) is 0 Å². The molecule has 7 nitrogen and oxygen atoms in total. The first kappa shape index (κ1) is 19.8. The number of nitrogens with zero attached hydrogens (tertiary/aromatic N) is 4. The zero-order valence-corrected chi connectivity index (χ0v) is 16.2. The highest BCUT2D eigenvalue weighted by Crippen LogP contribution is 2.11. The number of aliphatic imine (C=N–C) groups is 1. The predicted octanol–water partition coefficient (Wildman–Crippen LogP) is 2.38. The largest absolute Gasteiger partial charge is 0.497 e. The summed E-state index contributed by atoms with van der Waals surface area (Å²) < 4.78 is 7.26. The molecule has 0 aliphatic rings. The lowest BCUT2D eigenvalue weighted by Crippen LogP contribution is -2.43. The molecule has 2 N–H and O–H groups in total. The van der Waals surface area contributed by atoms with Crippen LogP contribution in [0.5, 0.6) is 5.75 Å². The van der Waals surface area contributed by atoms with E-state index in [2.05, 4.69) is 46.2 Å². The summed E-state index contributed by atoms with van der Waals surface area (Å²) in [5, 5.41) is 14.9. The summed E-state index contributed by atoms with van der Waals surface area (Å²) in [6.07, 6.45) is 3.69. The molecule has 0 aliphatic carbocycles. The van der Waals surface area contributed by atoms with Crippen molar-refractivity contribution in [2.75, 3.05) is 13.7 Å². The van der Waals surface area contributed by atoms with Gasteiger partial charge in [-0.15, -0.1) is 10.2 Å². The second-order valence-corrected chi connectivity index (χ2v) is 6.19. The Labute approximate surface area is 155 Å². The van der Waals surface area contributed by atoms with Crippen LogP contribution in [0.4, 0.5) is 0 Å². The molecular formula is C19H30N6O. The minimum Gasteiger partial charge on any atom is -0.497 e. The number of guanidine groups is 1. The highest BCUT2D eigenvalue weighted by molar-refractivity contribution is 5.80. The van der Waals surface area contributed by atoms with Crippen LogP contribution in [-0.4, -0.2) is 40.4 Å². The Morgan fingerprint density at radius 2 is 2.04 bits per heavy atom. The molecule has 0 bridgehead atoms. The molecule has 1 atom stereocenters. The Morgan fingerprint density at radius 3 is 2.69 bits per heavy atom. The van der Waals surface area contributed by atoms with Gasteiger partial charge in [-0.05, 0) is 31.0 Å². The maximum absolute atomic E-state index is 5.20. The molecule has 26 heavy (non-hydrogen) atoms. The molecule has 142 valence electrons. The predicted molar refractivity (Wildman–Crippen MR) is 104 cm³/mol. The molecule has 7 heteroatoms. The molecule has 0 saturated heterocycles. The van der Waals surface area contributed by atoms with E-state index >= 15 is 0 Å². The lowest BCUT2D eigenvalue weighted by atomic mass is 10.2. The molecule has 0 spiro atoms. The van der Waals surface area contributed by atoms with E-state index in [0.29, 0.717) is 12.6 Å². The minimum atomic E-state index is 0.359. The van der Waals surface area contributed by atoms with Gasteiger partial charge in [-0.1, -0.05) is 26.0 Å². The van der Waals surface area contributed by atoms with Crippen LogP contribution in [0.2, 0.25) is 0 Å². The van der Waals surface area contributed by atoms with Crippen molar-refractivity contribution in [3.63, 3.8) is 0 Å². The Bertz CT molecular complexity index is 680. The van der Waals surface area contributed by atoms with Crippen LogP contribution in [0.15, 0.2) is 35.6 Å². The summed E-state index contributed by atoms with van der Waals surface area (Å²) in [7, 11) is 1.67. The average Bonchev–Trinajstić information content (AvgIpc) is 3.13. The van der Waals surface area contributed by atoms with E-state index in [9.17, 15) is 0 Å². The van der Waals surface area contributed by atoms with Crippen molar-refractivity contribution in [2.45, 2.75) is 52.7 Å². The Kier molecular flexibility index (Phi) is 7.92. The number of methoxy groups -OCH3 is 1. The van der Waals surface area contributed by atoms with Crippen LogP contribution >= 0.6 is 0 Å². The fourth-order valence-corrected chi connectivity index (χ4v) is 2.42. The second-order valence-electron chi connectivity index (χ2n) is 6.19. The minimum absolute atomic E-state index is 0.359. The SMILES string of the molecule is CCc1nncn1CCNC(=NCc1ccc(OC)cc1)NC(C)CC. The molecule has 0 saturated carbocycles. The summed E-state index contributed by atoms with van der Waals surface area (Å²) in [5.41, 5.74) is 1.14. The third-order valence-corrected chi connectivity index (χ3v) is 4.23. The van der Waals surface area contributed by atoms with Gasteiger partial charge in [0.2, 0.25) is 0 Å². The number of ether oxygens (including phenoxy) is 1. The van der Waals surface area contributed by atoms with Gasteiger partial charge in [-0.3, -0.25) is 0 Å². The monoisotopic (exact) mass is 358 g/mol. The summed E-state index contributed by atoms with van der Waals surface area (Å²) >= 11 is 0. The summed E-state index contributed by atoms with van der Waals surface area (Å²) in [6.45, 7) is 8.57. The van der Waals surface area contributed by atoms with Crippen molar-refractivity contribution in [1.29, 1.82) is 0 Å². The van der Waals surface area contributed by atoms with Crippen molar-refractivity contribution in [3.05, 3.63) is 42.0 Å². The quantitative estimate of drug-likeness (QED) is 0.532. The summed E-state index contributed by atoms with van der Waals surface area (Å²) in [5.74, 6) is 2.68. The van der Waals surface area contributed by atoms with Crippen LogP contribution < -0.4 is 15.4 Å². The van der Waals surface area contributed by atoms with Gasteiger partial charge >= 0.3 is 0 Å². The number of rotatable bonds is 9. The summed E-state index contributed by atoms with van der Waals surface area (Å²) in [4.78, 5) is 4.71. The highest BCUT2D eigenvalue weighted by Gasteiger charge is 2.05. The highest BCUT2D eigenvalue weighted by atomic mass is 16.5. The van der Waals surface area contributed by atoms with Crippen molar-refractivity contribution in [2.24, 2.45) is 4.99 Å². The van der Waals surface area contributed by atoms with Crippen molar-refractivity contribution < 1.29 is 4.74 Å². The molecule has 0 amide bonds. The normalized spacial score (nSPS) is 12.7. The van der Waals surface area contributed by atoms with Crippen molar-refractivity contribution in [3.8, 4) is 5.75 Å². The third kappa shape index (κ3) is 6.06. The van der Waals surface area contributed by atoms with Gasteiger partial charge in [0, 0.05) is 25.6 Å². The fourth-order valence-electron chi connectivity index (χ4n) is 2.42. The molecule has 1 heterocycles. The number of benzene rings is 1. The Balaban J connectivity index is 1.95. The maximum Gasteiger partial charge on any atom is 0.191 e. The van der Waals surface area contributed by atoms with Gasteiger partial charge in [0.25, 0.3) is 0 Å².